The summed E-state index contributed by atoms with van der Waals surface area (Å²) in [6.45, 7) is 2.01. The molecule has 0 radical (unpaired) electrons. The van der Waals surface area contributed by atoms with Crippen molar-refractivity contribution in [2.45, 2.75) is 13.5 Å². The number of nitrogens with zero attached hydrogens (tertiary/aromatic N) is 6. The van der Waals surface area contributed by atoms with Crippen LogP contribution >= 0.6 is 0 Å². The number of carbonyl (C=O) groups is 1. The summed E-state index contributed by atoms with van der Waals surface area (Å²) in [5.74, 6) is -0.160. The summed E-state index contributed by atoms with van der Waals surface area (Å²) >= 11 is 0. The lowest BCUT2D eigenvalue weighted by Crippen LogP contribution is -2.28. The summed E-state index contributed by atoms with van der Waals surface area (Å²) in [6.07, 6.45) is 0. The first kappa shape index (κ1) is 20.8. The lowest BCUT2D eigenvalue weighted by Gasteiger charge is -2.10. The maximum atomic E-state index is 14.3. The van der Waals surface area contributed by atoms with Crippen molar-refractivity contribution < 1.29 is 13.9 Å². The molecule has 0 fully saturated rings. The van der Waals surface area contributed by atoms with Crippen LogP contribution < -0.4 is 15.6 Å². The molecule has 0 atom stereocenters. The third kappa shape index (κ3) is 4.67. The Morgan fingerprint density at radius 2 is 1.94 bits per heavy atom. The van der Waals surface area contributed by atoms with Gasteiger partial charge in [0.15, 0.2) is 5.82 Å². The summed E-state index contributed by atoms with van der Waals surface area (Å²) < 4.78 is 22.4. The maximum absolute atomic E-state index is 14.3. The van der Waals surface area contributed by atoms with Gasteiger partial charge in [0.1, 0.15) is 23.9 Å². The number of halogens is 1. The highest BCUT2D eigenvalue weighted by atomic mass is 19.1. The number of para-hydroxylation sites is 1. The van der Waals surface area contributed by atoms with Crippen LogP contribution in [-0.2, 0) is 6.54 Å². The van der Waals surface area contributed by atoms with Crippen molar-refractivity contribution >= 4 is 11.6 Å². The Hall–Kier alpha value is -4.41. The number of aromatic nitrogens is 6. The highest BCUT2D eigenvalue weighted by Gasteiger charge is 2.14. The van der Waals surface area contributed by atoms with Gasteiger partial charge in [0, 0.05) is 6.07 Å². The van der Waals surface area contributed by atoms with E-state index in [0.717, 1.165) is 4.68 Å². The smallest absolute Gasteiger partial charge is 0.276 e. The Bertz CT molecular complexity index is 1300. The number of amides is 1. The second kappa shape index (κ2) is 9.16. The summed E-state index contributed by atoms with van der Waals surface area (Å²) in [6, 6.07) is 15.7. The van der Waals surface area contributed by atoms with Crippen LogP contribution in [0.5, 0.6) is 5.75 Å². The molecule has 2 heterocycles. The SMILES string of the molecule is Cc1nnnn1-c1ccc(F)c(NC(=O)c2ccc(=O)n(CCOc3ccccc3)n2)c1. The molecule has 0 bridgehead atoms. The molecule has 11 heteroatoms. The third-order valence-electron chi connectivity index (χ3n) is 4.48. The first-order chi connectivity index (χ1) is 15.5. The number of carbonyl (C=O) groups excluding carboxylic acids is 1. The molecule has 0 unspecified atom stereocenters. The van der Waals surface area contributed by atoms with E-state index in [4.69, 9.17) is 4.74 Å². The average Bonchev–Trinajstić information content (AvgIpc) is 3.23. The van der Waals surface area contributed by atoms with Gasteiger partial charge in [-0.15, -0.1) is 5.10 Å². The maximum Gasteiger partial charge on any atom is 0.276 e. The largest absolute Gasteiger partial charge is 0.492 e. The van der Waals surface area contributed by atoms with Crippen molar-refractivity contribution in [2.75, 3.05) is 11.9 Å². The molecule has 0 spiro atoms. The lowest BCUT2D eigenvalue weighted by molar-refractivity contribution is 0.101. The molecular formula is C21H18FN7O3. The van der Waals surface area contributed by atoms with E-state index in [0.29, 0.717) is 17.3 Å². The number of hydrogen-bond acceptors (Lipinski definition) is 7. The summed E-state index contributed by atoms with van der Waals surface area (Å²) in [5.41, 5.74) is -0.0391. The normalized spacial score (nSPS) is 10.7. The Kier molecular flexibility index (Phi) is 5.97. The van der Waals surface area contributed by atoms with Gasteiger partial charge in [0.2, 0.25) is 0 Å². The molecule has 32 heavy (non-hydrogen) atoms. The van der Waals surface area contributed by atoms with Crippen molar-refractivity contribution in [3.8, 4) is 11.4 Å². The van der Waals surface area contributed by atoms with Gasteiger partial charge in [0.25, 0.3) is 11.5 Å². The fraction of sp³-hybridized carbons (Fsp3) is 0.143. The van der Waals surface area contributed by atoms with Crippen LogP contribution in [-0.4, -0.2) is 42.5 Å². The first-order valence-electron chi connectivity index (χ1n) is 9.63. The Morgan fingerprint density at radius 1 is 1.12 bits per heavy atom. The predicted molar refractivity (Wildman–Crippen MR) is 112 cm³/mol. The molecule has 1 amide bonds. The van der Waals surface area contributed by atoms with Gasteiger partial charge in [-0.25, -0.2) is 9.07 Å². The first-order valence-corrected chi connectivity index (χ1v) is 9.63. The molecule has 4 rings (SSSR count). The quantitative estimate of drug-likeness (QED) is 0.472. The van der Waals surface area contributed by atoms with Gasteiger partial charge in [0.05, 0.1) is 17.9 Å². The zero-order valence-electron chi connectivity index (χ0n) is 17.0. The van der Waals surface area contributed by atoms with E-state index in [9.17, 15) is 14.0 Å². The number of rotatable bonds is 7. The van der Waals surface area contributed by atoms with E-state index in [-0.39, 0.29) is 30.1 Å². The molecule has 162 valence electrons. The van der Waals surface area contributed by atoms with E-state index in [2.05, 4.69) is 25.9 Å². The van der Waals surface area contributed by atoms with E-state index in [1.54, 1.807) is 19.1 Å². The van der Waals surface area contributed by atoms with E-state index >= 15 is 0 Å². The number of ether oxygens (including phenoxy) is 1. The van der Waals surface area contributed by atoms with Crippen molar-refractivity contribution in [1.82, 2.24) is 30.0 Å². The standard InChI is InChI=1S/C21H18FN7O3/c1-14-24-26-27-29(14)15-7-8-17(22)19(13-15)23-21(31)18-9-10-20(30)28(25-18)11-12-32-16-5-3-2-4-6-16/h2-10,13H,11-12H2,1H3,(H,23,31). The number of nitrogens with one attached hydrogen (secondary N) is 1. The van der Waals surface area contributed by atoms with Crippen LogP contribution in [0.15, 0.2) is 65.5 Å². The van der Waals surface area contributed by atoms with E-state index in [1.807, 2.05) is 18.2 Å². The van der Waals surface area contributed by atoms with Gasteiger partial charge in [-0.2, -0.15) is 9.78 Å². The second-order valence-corrected chi connectivity index (χ2v) is 6.70. The van der Waals surface area contributed by atoms with Crippen LogP contribution in [0.25, 0.3) is 5.69 Å². The molecule has 0 aliphatic rings. The van der Waals surface area contributed by atoms with Crippen LogP contribution in [0.4, 0.5) is 10.1 Å². The van der Waals surface area contributed by atoms with Gasteiger partial charge in [-0.3, -0.25) is 9.59 Å². The Morgan fingerprint density at radius 3 is 2.69 bits per heavy atom. The minimum atomic E-state index is -0.674. The number of hydrogen-bond donors (Lipinski definition) is 1. The summed E-state index contributed by atoms with van der Waals surface area (Å²) in [7, 11) is 0. The van der Waals surface area contributed by atoms with Crippen LogP contribution in [0.1, 0.15) is 16.3 Å². The molecule has 2 aromatic heterocycles. The van der Waals surface area contributed by atoms with Gasteiger partial charge in [-0.05, 0) is 53.7 Å². The highest BCUT2D eigenvalue weighted by molar-refractivity contribution is 6.02. The summed E-state index contributed by atoms with van der Waals surface area (Å²) in [5, 5.41) is 17.7. The zero-order valence-corrected chi connectivity index (χ0v) is 17.0. The second-order valence-electron chi connectivity index (χ2n) is 6.70. The van der Waals surface area contributed by atoms with Crippen LogP contribution in [0, 0.1) is 12.7 Å². The van der Waals surface area contributed by atoms with Crippen LogP contribution in [0.3, 0.4) is 0 Å². The molecule has 2 aromatic carbocycles. The fourth-order valence-electron chi connectivity index (χ4n) is 2.89. The van der Waals surface area contributed by atoms with Crippen molar-refractivity contribution in [3.63, 3.8) is 0 Å². The van der Waals surface area contributed by atoms with Gasteiger partial charge in [-0.1, -0.05) is 18.2 Å². The average molecular weight is 435 g/mol. The summed E-state index contributed by atoms with van der Waals surface area (Å²) in [4.78, 5) is 24.7. The number of aryl methyl sites for hydroxylation is 1. The molecule has 0 saturated heterocycles. The molecular weight excluding hydrogens is 417 g/mol. The van der Waals surface area contributed by atoms with Gasteiger partial charge < -0.3 is 10.1 Å². The number of benzene rings is 2. The minimum absolute atomic E-state index is 0.0484. The van der Waals surface area contributed by atoms with E-state index < -0.39 is 11.7 Å². The molecule has 10 nitrogen and oxygen atoms in total. The third-order valence-corrected chi connectivity index (χ3v) is 4.48. The van der Waals surface area contributed by atoms with Crippen LogP contribution in [0.2, 0.25) is 0 Å². The molecule has 0 saturated carbocycles. The highest BCUT2D eigenvalue weighted by Crippen LogP contribution is 2.19. The fourth-order valence-corrected chi connectivity index (χ4v) is 2.89. The molecule has 4 aromatic rings. The van der Waals surface area contributed by atoms with E-state index in [1.165, 1.54) is 35.0 Å². The van der Waals surface area contributed by atoms with Gasteiger partial charge >= 0.3 is 0 Å². The Balaban J connectivity index is 1.48. The molecule has 0 aliphatic heterocycles. The topological polar surface area (TPSA) is 117 Å². The van der Waals surface area contributed by atoms with Crippen molar-refractivity contribution in [1.29, 1.82) is 0 Å². The number of anilines is 1. The minimum Gasteiger partial charge on any atom is -0.492 e. The van der Waals surface area contributed by atoms with Crippen molar-refractivity contribution in [2.24, 2.45) is 0 Å². The molecule has 1 N–H and O–H groups in total. The Labute approximate surface area is 181 Å². The predicted octanol–water partition coefficient (Wildman–Crippen LogP) is 2.00. The monoisotopic (exact) mass is 435 g/mol. The number of tetrazole rings is 1. The molecule has 0 aliphatic carbocycles. The lowest BCUT2D eigenvalue weighted by atomic mass is 10.2. The zero-order chi connectivity index (χ0) is 22.5. The van der Waals surface area contributed by atoms with Crippen molar-refractivity contribution in [3.05, 3.63) is 88.4 Å².